The van der Waals surface area contributed by atoms with Crippen LogP contribution >= 0.6 is 0 Å². The van der Waals surface area contributed by atoms with Crippen molar-refractivity contribution in [3.63, 3.8) is 0 Å². The lowest BCUT2D eigenvalue weighted by atomic mass is 9.84. The van der Waals surface area contributed by atoms with Crippen LogP contribution in [-0.2, 0) is 15.1 Å². The molecule has 2 aliphatic rings. The molecule has 138 valence electrons. The summed E-state index contributed by atoms with van der Waals surface area (Å²) >= 11 is 0. The Morgan fingerprint density at radius 3 is 2.64 bits per heavy atom. The Morgan fingerprint density at radius 2 is 2.00 bits per heavy atom. The molecule has 0 saturated carbocycles. The normalized spacial score (nSPS) is 20.8. The monoisotopic (exact) mass is 345 g/mol. The molecule has 3 heterocycles. The van der Waals surface area contributed by atoms with Crippen molar-refractivity contribution in [2.45, 2.75) is 51.0 Å². The lowest BCUT2D eigenvalue weighted by Gasteiger charge is -2.42. The summed E-state index contributed by atoms with van der Waals surface area (Å²) < 4.78 is 6.49. The molecule has 1 aromatic heterocycles. The fraction of sp³-hybridized carbons (Fsp3) is 0.700. The van der Waals surface area contributed by atoms with Crippen molar-refractivity contribution < 1.29 is 9.53 Å². The van der Waals surface area contributed by atoms with Crippen LogP contribution in [0.2, 0.25) is 0 Å². The second kappa shape index (κ2) is 8.77. The van der Waals surface area contributed by atoms with Crippen LogP contribution in [0, 0.1) is 0 Å². The zero-order valence-corrected chi connectivity index (χ0v) is 15.5. The van der Waals surface area contributed by atoms with Gasteiger partial charge in [-0.2, -0.15) is 0 Å². The van der Waals surface area contributed by atoms with E-state index in [1.807, 2.05) is 17.2 Å². The first-order chi connectivity index (χ1) is 12.2. The quantitative estimate of drug-likeness (QED) is 0.762. The van der Waals surface area contributed by atoms with Gasteiger partial charge < -0.3 is 14.5 Å². The number of hydrogen-bond donors (Lipinski definition) is 0. The van der Waals surface area contributed by atoms with Gasteiger partial charge in [0.1, 0.15) is 0 Å². The first kappa shape index (κ1) is 18.3. The molecule has 0 aliphatic carbocycles. The summed E-state index contributed by atoms with van der Waals surface area (Å²) in [5.74, 6) is 0.277. The molecule has 5 heteroatoms. The molecule has 0 N–H and O–H groups in total. The number of piperidine rings is 1. The highest BCUT2D eigenvalue weighted by Gasteiger charge is 2.38. The van der Waals surface area contributed by atoms with Crippen molar-refractivity contribution in [1.82, 2.24) is 14.8 Å². The Balaban J connectivity index is 1.63. The number of carbonyl (C=O) groups excluding carboxylic acids is 1. The van der Waals surface area contributed by atoms with Crippen LogP contribution in [-0.4, -0.2) is 60.0 Å². The molecular weight excluding hydrogens is 314 g/mol. The van der Waals surface area contributed by atoms with E-state index < -0.39 is 0 Å². The molecule has 0 aromatic carbocycles. The predicted molar refractivity (Wildman–Crippen MR) is 98.3 cm³/mol. The van der Waals surface area contributed by atoms with Gasteiger partial charge >= 0.3 is 0 Å². The van der Waals surface area contributed by atoms with E-state index in [2.05, 4.69) is 22.9 Å². The summed E-state index contributed by atoms with van der Waals surface area (Å²) in [7, 11) is 0. The summed E-state index contributed by atoms with van der Waals surface area (Å²) in [4.78, 5) is 21.0. The Hall–Kier alpha value is -1.46. The van der Waals surface area contributed by atoms with E-state index in [1.54, 1.807) is 6.20 Å². The molecule has 1 amide bonds. The number of carbonyl (C=O) groups is 1. The van der Waals surface area contributed by atoms with Crippen molar-refractivity contribution >= 4 is 5.91 Å². The van der Waals surface area contributed by atoms with Gasteiger partial charge in [0.05, 0.1) is 12.2 Å². The highest BCUT2D eigenvalue weighted by atomic mass is 16.5. The summed E-state index contributed by atoms with van der Waals surface area (Å²) in [6.45, 7) is 7.75. The lowest BCUT2D eigenvalue weighted by molar-refractivity contribution is -0.140. The molecule has 0 atom stereocenters. The Morgan fingerprint density at radius 1 is 1.24 bits per heavy atom. The molecule has 2 aliphatic heterocycles. The zero-order valence-electron chi connectivity index (χ0n) is 15.5. The molecule has 0 unspecified atom stereocenters. The lowest BCUT2D eigenvalue weighted by Crippen LogP contribution is -2.47. The minimum absolute atomic E-state index is 0.277. The van der Waals surface area contributed by atoms with Gasteiger partial charge in [-0.15, -0.1) is 0 Å². The fourth-order valence-electron chi connectivity index (χ4n) is 4.01. The first-order valence-corrected chi connectivity index (χ1v) is 9.78. The molecule has 5 nitrogen and oxygen atoms in total. The first-order valence-electron chi connectivity index (χ1n) is 9.78. The fourth-order valence-corrected chi connectivity index (χ4v) is 4.01. The minimum Gasteiger partial charge on any atom is -0.369 e. The van der Waals surface area contributed by atoms with Crippen LogP contribution < -0.4 is 0 Å². The maximum Gasteiger partial charge on any atom is 0.222 e. The van der Waals surface area contributed by atoms with Crippen LogP contribution in [0.3, 0.4) is 0 Å². The number of rotatable bonds is 7. The molecule has 3 rings (SSSR count). The molecule has 2 fully saturated rings. The summed E-state index contributed by atoms with van der Waals surface area (Å²) in [5, 5.41) is 0. The van der Waals surface area contributed by atoms with E-state index in [0.717, 1.165) is 51.1 Å². The number of hydrogen-bond acceptors (Lipinski definition) is 4. The summed E-state index contributed by atoms with van der Waals surface area (Å²) in [6, 6.07) is 4.10. The molecule has 0 bridgehead atoms. The van der Waals surface area contributed by atoms with Gasteiger partial charge in [-0.1, -0.05) is 13.0 Å². The third kappa shape index (κ3) is 4.59. The average Bonchev–Trinajstić information content (AvgIpc) is 3.17. The smallest absolute Gasteiger partial charge is 0.222 e. The van der Waals surface area contributed by atoms with E-state index >= 15 is 0 Å². The van der Waals surface area contributed by atoms with Gasteiger partial charge in [0.25, 0.3) is 0 Å². The Bertz CT molecular complexity index is 535. The zero-order chi connectivity index (χ0) is 17.5. The number of pyridine rings is 1. The second-order valence-corrected chi connectivity index (χ2v) is 7.26. The number of likely N-dealkylation sites (tertiary alicyclic amines) is 2. The van der Waals surface area contributed by atoms with Gasteiger partial charge in [-0.05, 0) is 51.3 Å². The molecule has 25 heavy (non-hydrogen) atoms. The summed E-state index contributed by atoms with van der Waals surface area (Å²) in [6.07, 6.45) is 9.62. The maximum absolute atomic E-state index is 12.2. The van der Waals surface area contributed by atoms with Gasteiger partial charge in [-0.25, -0.2) is 0 Å². The second-order valence-electron chi connectivity index (χ2n) is 7.26. The van der Waals surface area contributed by atoms with E-state index in [0.29, 0.717) is 6.42 Å². The van der Waals surface area contributed by atoms with E-state index in [1.165, 1.54) is 25.9 Å². The van der Waals surface area contributed by atoms with Crippen molar-refractivity contribution in [1.29, 1.82) is 0 Å². The largest absolute Gasteiger partial charge is 0.369 e. The number of aromatic nitrogens is 1. The van der Waals surface area contributed by atoms with Gasteiger partial charge in [-0.3, -0.25) is 9.78 Å². The standard InChI is InChI=1S/C20H31N3O2/c1-2-6-19(24)23-13-8-20(9-14-23,18-7-5-10-21-17-18)25-16-15-22-11-3-4-12-22/h5,7,10,17H,2-4,6,8-9,11-16H2,1H3. The van der Waals surface area contributed by atoms with E-state index in [-0.39, 0.29) is 11.5 Å². The molecule has 2 saturated heterocycles. The third-order valence-electron chi connectivity index (χ3n) is 5.56. The van der Waals surface area contributed by atoms with Crippen LogP contribution in [0.4, 0.5) is 0 Å². The van der Waals surface area contributed by atoms with E-state index in [9.17, 15) is 4.79 Å². The van der Waals surface area contributed by atoms with Crippen molar-refractivity contribution in [2.24, 2.45) is 0 Å². The number of ether oxygens (including phenoxy) is 1. The van der Waals surface area contributed by atoms with E-state index in [4.69, 9.17) is 4.74 Å². The molecule has 0 spiro atoms. The average molecular weight is 345 g/mol. The maximum atomic E-state index is 12.2. The highest BCUT2D eigenvalue weighted by Crippen LogP contribution is 2.36. The van der Waals surface area contributed by atoms with Crippen molar-refractivity contribution in [3.05, 3.63) is 30.1 Å². The number of nitrogens with zero attached hydrogens (tertiary/aromatic N) is 3. The minimum atomic E-state index is -0.295. The van der Waals surface area contributed by atoms with Crippen LogP contribution in [0.5, 0.6) is 0 Å². The van der Waals surface area contributed by atoms with Gasteiger partial charge in [0.15, 0.2) is 0 Å². The predicted octanol–water partition coefficient (Wildman–Crippen LogP) is 2.81. The summed E-state index contributed by atoms with van der Waals surface area (Å²) in [5.41, 5.74) is 0.857. The SMILES string of the molecule is CCCC(=O)N1CCC(OCCN2CCCC2)(c2cccnc2)CC1. The van der Waals surface area contributed by atoms with Crippen molar-refractivity contribution in [3.8, 4) is 0 Å². The van der Waals surface area contributed by atoms with Gasteiger partial charge in [0.2, 0.25) is 5.91 Å². The van der Waals surface area contributed by atoms with Crippen molar-refractivity contribution in [2.75, 3.05) is 39.3 Å². The molecular formula is C20H31N3O2. The third-order valence-corrected chi connectivity index (χ3v) is 5.56. The van der Waals surface area contributed by atoms with Crippen LogP contribution in [0.25, 0.3) is 0 Å². The van der Waals surface area contributed by atoms with Crippen LogP contribution in [0.15, 0.2) is 24.5 Å². The topological polar surface area (TPSA) is 45.7 Å². The molecule has 0 radical (unpaired) electrons. The highest BCUT2D eigenvalue weighted by molar-refractivity contribution is 5.76. The molecule has 1 aromatic rings. The number of amides is 1. The van der Waals surface area contributed by atoms with Gasteiger partial charge in [0, 0.05) is 44.0 Å². The van der Waals surface area contributed by atoms with Crippen LogP contribution in [0.1, 0.15) is 51.0 Å². The Kier molecular flexibility index (Phi) is 6.43. The Labute approximate surface area is 151 Å².